The van der Waals surface area contributed by atoms with E-state index in [1.54, 1.807) is 18.2 Å². The third-order valence-corrected chi connectivity index (χ3v) is 10.4. The van der Waals surface area contributed by atoms with Gasteiger partial charge in [-0.05, 0) is 56.0 Å². The molecule has 4 amide bonds. The number of carbonyl (C=O) groups excluding carboxylic acids is 4. The standard InChI is InChI=1S/C37H40N6O6/c44-34-9-8-33(35(45)39-34)43-36(46)28-7-6-25(20-29(28)37(43)47)48-19-18-40-16-11-24(12-17-40)49-26-22-41(23-26)14-3-15-42-31-5-2-1-4-27(31)30-21-38-13-10-32(30)42/h1-2,4-7,10,13,20-21,24,26,33H,3,8-9,11-12,14-19,22-23H2,(H,39,44,45). The number of amides is 4. The van der Waals surface area contributed by atoms with E-state index in [9.17, 15) is 19.2 Å². The maximum absolute atomic E-state index is 13.1. The second-order valence-corrected chi connectivity index (χ2v) is 13.5. The zero-order valence-corrected chi connectivity index (χ0v) is 27.4. The highest BCUT2D eigenvalue weighted by molar-refractivity contribution is 6.23. The molecule has 0 spiro atoms. The number of piperidine rings is 2. The lowest BCUT2D eigenvalue weighted by Crippen LogP contribution is -2.54. The molecular weight excluding hydrogens is 624 g/mol. The minimum Gasteiger partial charge on any atom is -0.492 e. The number of hydrogen-bond acceptors (Lipinski definition) is 9. The van der Waals surface area contributed by atoms with Crippen LogP contribution in [0.5, 0.6) is 5.75 Å². The van der Waals surface area contributed by atoms with E-state index in [0.717, 1.165) is 70.0 Å². The fourth-order valence-corrected chi connectivity index (χ4v) is 7.75. The highest BCUT2D eigenvalue weighted by atomic mass is 16.5. The number of aryl methyl sites for hydroxylation is 1. The molecule has 3 saturated heterocycles. The molecule has 2 aromatic carbocycles. The summed E-state index contributed by atoms with van der Waals surface area (Å²) in [5.74, 6) is -1.56. The highest BCUT2D eigenvalue weighted by Gasteiger charge is 2.44. The number of pyridine rings is 1. The van der Waals surface area contributed by atoms with Gasteiger partial charge in [0.2, 0.25) is 11.8 Å². The van der Waals surface area contributed by atoms with Crippen molar-refractivity contribution in [2.45, 2.75) is 56.9 Å². The quantitative estimate of drug-likeness (QED) is 0.241. The van der Waals surface area contributed by atoms with Gasteiger partial charge in [-0.15, -0.1) is 0 Å². The van der Waals surface area contributed by atoms with E-state index in [4.69, 9.17) is 9.47 Å². The summed E-state index contributed by atoms with van der Waals surface area (Å²) in [4.78, 5) is 60.0. The summed E-state index contributed by atoms with van der Waals surface area (Å²) >= 11 is 0. The van der Waals surface area contributed by atoms with Crippen molar-refractivity contribution in [1.82, 2.24) is 29.6 Å². The number of hydrogen-bond donors (Lipinski definition) is 1. The summed E-state index contributed by atoms with van der Waals surface area (Å²) in [6.07, 6.45) is 7.72. The number of ether oxygens (including phenoxy) is 2. The third-order valence-electron chi connectivity index (χ3n) is 10.4. The van der Waals surface area contributed by atoms with Crippen LogP contribution in [0.15, 0.2) is 60.9 Å². The molecule has 1 unspecified atom stereocenters. The summed E-state index contributed by atoms with van der Waals surface area (Å²) in [5, 5.41) is 4.69. The molecule has 6 heterocycles. The number of aromatic nitrogens is 2. The van der Waals surface area contributed by atoms with Gasteiger partial charge in [0.15, 0.2) is 0 Å². The SMILES string of the molecule is O=C1CCC(N2C(=O)c3ccc(OCCN4CCC(OC5CN(CCCn6c7ccccc7c7cnccc76)C5)CC4)cc3C2=O)C(=O)N1. The Bertz CT molecular complexity index is 1870. The van der Waals surface area contributed by atoms with Crippen LogP contribution in [-0.4, -0.2) is 112 Å². The molecule has 0 aliphatic carbocycles. The van der Waals surface area contributed by atoms with Crippen LogP contribution < -0.4 is 10.1 Å². The Balaban J connectivity index is 0.740. The number of rotatable bonds is 11. The maximum atomic E-state index is 13.1. The van der Waals surface area contributed by atoms with Crippen molar-refractivity contribution in [3.05, 3.63) is 72.1 Å². The molecule has 2 aromatic heterocycles. The minimum absolute atomic E-state index is 0.0886. The number of nitrogens with one attached hydrogen (secondary N) is 1. The Hall–Kier alpha value is -4.65. The maximum Gasteiger partial charge on any atom is 0.262 e. The molecule has 0 saturated carbocycles. The average molecular weight is 665 g/mol. The molecule has 3 fully saturated rings. The van der Waals surface area contributed by atoms with Crippen molar-refractivity contribution in [1.29, 1.82) is 0 Å². The normalized spacial score (nSPS) is 21.1. The topological polar surface area (TPSA) is 126 Å². The number of para-hydroxylation sites is 1. The van der Waals surface area contributed by atoms with Gasteiger partial charge in [-0.3, -0.25) is 44.2 Å². The summed E-state index contributed by atoms with van der Waals surface area (Å²) in [6, 6.07) is 14.5. The van der Waals surface area contributed by atoms with Gasteiger partial charge in [-0.2, -0.15) is 0 Å². The molecule has 12 nitrogen and oxygen atoms in total. The number of benzene rings is 2. The van der Waals surface area contributed by atoms with Gasteiger partial charge in [0, 0.05) is 80.9 Å². The molecule has 1 atom stereocenters. The first-order valence-corrected chi connectivity index (χ1v) is 17.3. The number of imide groups is 2. The average Bonchev–Trinajstić information content (AvgIpc) is 3.54. The van der Waals surface area contributed by atoms with Crippen LogP contribution in [0.25, 0.3) is 21.8 Å². The number of fused-ring (bicyclic) bond motifs is 4. The van der Waals surface area contributed by atoms with E-state index >= 15 is 0 Å². The van der Waals surface area contributed by atoms with Crippen LogP contribution >= 0.6 is 0 Å². The Labute approximate surface area is 283 Å². The summed E-state index contributed by atoms with van der Waals surface area (Å²) in [5.41, 5.74) is 2.99. The van der Waals surface area contributed by atoms with Crippen molar-refractivity contribution in [3.8, 4) is 5.75 Å². The largest absolute Gasteiger partial charge is 0.492 e. The molecule has 4 aliphatic heterocycles. The van der Waals surface area contributed by atoms with E-state index in [-0.39, 0.29) is 30.1 Å². The fraction of sp³-hybridized carbons (Fsp3) is 0.432. The zero-order valence-electron chi connectivity index (χ0n) is 27.4. The van der Waals surface area contributed by atoms with Gasteiger partial charge < -0.3 is 14.0 Å². The van der Waals surface area contributed by atoms with Crippen molar-refractivity contribution in [2.75, 3.05) is 45.9 Å². The van der Waals surface area contributed by atoms with E-state index in [0.29, 0.717) is 18.5 Å². The van der Waals surface area contributed by atoms with Crippen LogP contribution in [0, 0.1) is 0 Å². The first kappa shape index (κ1) is 31.6. The highest BCUT2D eigenvalue weighted by Crippen LogP contribution is 2.31. The number of likely N-dealkylation sites (tertiary alicyclic amines) is 2. The van der Waals surface area contributed by atoms with Gasteiger partial charge in [0.05, 0.1) is 28.9 Å². The second kappa shape index (κ2) is 13.3. The Kier molecular flexibility index (Phi) is 8.60. The van der Waals surface area contributed by atoms with Crippen LogP contribution in [0.1, 0.15) is 52.8 Å². The Morgan fingerprint density at radius 3 is 2.43 bits per heavy atom. The molecule has 0 radical (unpaired) electrons. The fourth-order valence-electron chi connectivity index (χ4n) is 7.75. The third kappa shape index (κ3) is 6.20. The molecule has 12 heteroatoms. The van der Waals surface area contributed by atoms with Crippen molar-refractivity contribution in [3.63, 3.8) is 0 Å². The Morgan fingerprint density at radius 1 is 0.796 bits per heavy atom. The molecule has 0 bridgehead atoms. The monoisotopic (exact) mass is 664 g/mol. The summed E-state index contributed by atoms with van der Waals surface area (Å²) < 4.78 is 14.9. The van der Waals surface area contributed by atoms with Gasteiger partial charge in [-0.1, -0.05) is 18.2 Å². The molecular formula is C37H40N6O6. The lowest BCUT2D eigenvalue weighted by atomic mass is 10.0. The van der Waals surface area contributed by atoms with Gasteiger partial charge >= 0.3 is 0 Å². The van der Waals surface area contributed by atoms with Gasteiger partial charge in [0.1, 0.15) is 18.4 Å². The molecule has 1 N–H and O–H groups in total. The molecule has 4 aromatic rings. The van der Waals surface area contributed by atoms with E-state index in [1.807, 2.05) is 12.4 Å². The predicted octanol–water partition coefficient (Wildman–Crippen LogP) is 3.23. The van der Waals surface area contributed by atoms with Crippen LogP contribution in [0.2, 0.25) is 0 Å². The molecule has 4 aliphatic rings. The van der Waals surface area contributed by atoms with Crippen molar-refractivity contribution in [2.24, 2.45) is 0 Å². The van der Waals surface area contributed by atoms with E-state index in [2.05, 4.69) is 55.0 Å². The lowest BCUT2D eigenvalue weighted by Gasteiger charge is -2.42. The van der Waals surface area contributed by atoms with Crippen molar-refractivity contribution >= 4 is 45.4 Å². The molecule has 49 heavy (non-hydrogen) atoms. The van der Waals surface area contributed by atoms with Gasteiger partial charge in [-0.25, -0.2) is 0 Å². The number of nitrogens with zero attached hydrogens (tertiary/aromatic N) is 5. The second-order valence-electron chi connectivity index (χ2n) is 13.5. The van der Waals surface area contributed by atoms with Crippen LogP contribution in [0.4, 0.5) is 0 Å². The lowest BCUT2D eigenvalue weighted by molar-refractivity contribution is -0.136. The van der Waals surface area contributed by atoms with E-state index < -0.39 is 29.7 Å². The smallest absolute Gasteiger partial charge is 0.262 e. The molecule has 8 rings (SSSR count). The number of carbonyl (C=O) groups is 4. The summed E-state index contributed by atoms with van der Waals surface area (Å²) in [7, 11) is 0. The molecule has 254 valence electrons. The van der Waals surface area contributed by atoms with Crippen LogP contribution in [-0.2, 0) is 20.9 Å². The summed E-state index contributed by atoms with van der Waals surface area (Å²) in [6.45, 7) is 7.10. The zero-order chi connectivity index (χ0) is 33.5. The Morgan fingerprint density at radius 2 is 1.59 bits per heavy atom. The minimum atomic E-state index is -0.981. The van der Waals surface area contributed by atoms with Crippen LogP contribution in [0.3, 0.4) is 0 Å². The van der Waals surface area contributed by atoms with E-state index in [1.165, 1.54) is 21.8 Å². The predicted molar refractivity (Wildman–Crippen MR) is 181 cm³/mol. The first-order valence-electron chi connectivity index (χ1n) is 17.3. The first-order chi connectivity index (χ1) is 23.9. The van der Waals surface area contributed by atoms with Gasteiger partial charge in [0.25, 0.3) is 11.8 Å². The van der Waals surface area contributed by atoms with Crippen molar-refractivity contribution < 1.29 is 28.7 Å².